The highest BCUT2D eigenvalue weighted by Gasteiger charge is 2.29. The molecule has 33 heavy (non-hydrogen) atoms. The van der Waals surface area contributed by atoms with Gasteiger partial charge in [0.1, 0.15) is 5.82 Å². The number of amides is 1. The third-order valence-electron chi connectivity index (χ3n) is 7.16. The number of nitrogens with zero attached hydrogens (tertiary/aromatic N) is 3. The van der Waals surface area contributed by atoms with Crippen molar-refractivity contribution in [2.24, 2.45) is 21.9 Å². The van der Waals surface area contributed by atoms with Gasteiger partial charge in [0.05, 0.1) is 17.6 Å². The van der Waals surface area contributed by atoms with Gasteiger partial charge in [-0.2, -0.15) is 0 Å². The number of aliphatic imine (C=N–C) groups is 1. The van der Waals surface area contributed by atoms with Crippen molar-refractivity contribution in [2.75, 3.05) is 11.9 Å². The van der Waals surface area contributed by atoms with Crippen molar-refractivity contribution in [3.8, 4) is 0 Å². The van der Waals surface area contributed by atoms with E-state index in [1.165, 1.54) is 19.3 Å². The number of aryl methyl sites for hydroxylation is 1. The Kier molecular flexibility index (Phi) is 7.00. The lowest BCUT2D eigenvalue weighted by molar-refractivity contribution is 0.0909. The Morgan fingerprint density at radius 3 is 2.64 bits per heavy atom. The van der Waals surface area contributed by atoms with Gasteiger partial charge in [0.15, 0.2) is 5.96 Å². The van der Waals surface area contributed by atoms with E-state index in [2.05, 4.69) is 33.6 Å². The fraction of sp³-hybridized carbons (Fsp3) is 0.600. The zero-order valence-electron chi connectivity index (χ0n) is 19.9. The fourth-order valence-corrected chi connectivity index (χ4v) is 5.21. The second-order valence-electron chi connectivity index (χ2n) is 10.1. The number of nitrogens with one attached hydrogen (secondary N) is 2. The first-order valence-corrected chi connectivity index (χ1v) is 12.2. The quantitative estimate of drug-likeness (QED) is 0.392. The highest BCUT2D eigenvalue weighted by atomic mass is 16.2. The first kappa shape index (κ1) is 23.3. The number of carbonyl (C=O) groups is 1. The van der Waals surface area contributed by atoms with E-state index in [1.807, 2.05) is 19.1 Å². The van der Waals surface area contributed by atoms with E-state index < -0.39 is 0 Å². The largest absolute Gasteiger partial charge is 0.370 e. The molecule has 0 aliphatic heterocycles. The van der Waals surface area contributed by atoms with Crippen LogP contribution in [0, 0.1) is 12.3 Å². The van der Waals surface area contributed by atoms with E-state index in [4.69, 9.17) is 16.5 Å². The summed E-state index contributed by atoms with van der Waals surface area (Å²) in [5, 5.41) is 7.57. The van der Waals surface area contributed by atoms with Crippen molar-refractivity contribution in [3.63, 3.8) is 0 Å². The van der Waals surface area contributed by atoms with E-state index in [0.717, 1.165) is 55.0 Å². The topological polar surface area (TPSA) is 131 Å². The van der Waals surface area contributed by atoms with Crippen LogP contribution in [0.4, 0.5) is 5.82 Å². The maximum absolute atomic E-state index is 13.1. The number of guanidine groups is 1. The molecule has 1 aromatic heterocycles. The molecule has 8 nitrogen and oxygen atoms in total. The van der Waals surface area contributed by atoms with Gasteiger partial charge in [-0.05, 0) is 50.2 Å². The highest BCUT2D eigenvalue weighted by Crippen LogP contribution is 2.35. The molecule has 0 saturated heterocycles. The van der Waals surface area contributed by atoms with Gasteiger partial charge in [-0.1, -0.05) is 50.7 Å². The van der Waals surface area contributed by atoms with Crippen LogP contribution >= 0.6 is 0 Å². The lowest BCUT2D eigenvalue weighted by Crippen LogP contribution is -2.39. The summed E-state index contributed by atoms with van der Waals surface area (Å²) in [6.45, 7) is 4.95. The molecule has 2 saturated carbocycles. The number of nitrogens with two attached hydrogens (primary N) is 2. The first-order valence-electron chi connectivity index (χ1n) is 12.2. The monoisotopic (exact) mass is 451 g/mol. The predicted octanol–water partition coefficient (Wildman–Crippen LogP) is 3.63. The summed E-state index contributed by atoms with van der Waals surface area (Å²) in [5.74, 6) is 0.744. The lowest BCUT2D eigenvalue weighted by atomic mass is 9.76. The predicted molar refractivity (Wildman–Crippen MR) is 133 cm³/mol. The molecule has 0 radical (unpaired) electrons. The molecule has 8 heteroatoms. The first-order chi connectivity index (χ1) is 15.8. The van der Waals surface area contributed by atoms with Gasteiger partial charge in [0.2, 0.25) is 5.82 Å². The highest BCUT2D eigenvalue weighted by molar-refractivity contribution is 5.96. The number of hydrogen-bond donors (Lipinski definition) is 4. The molecule has 1 amide bonds. The number of rotatable bonds is 6. The molecule has 6 N–H and O–H groups in total. The Hall–Kier alpha value is -2.90. The minimum Gasteiger partial charge on any atom is -0.370 e. The zero-order chi connectivity index (χ0) is 23.4. The van der Waals surface area contributed by atoms with E-state index >= 15 is 0 Å². The Balaban J connectivity index is 1.60. The third kappa shape index (κ3) is 5.72. The van der Waals surface area contributed by atoms with Crippen LogP contribution in [-0.2, 0) is 0 Å². The van der Waals surface area contributed by atoms with Crippen LogP contribution in [0.5, 0.6) is 0 Å². The molecule has 2 aromatic rings. The summed E-state index contributed by atoms with van der Waals surface area (Å²) >= 11 is 0. The van der Waals surface area contributed by atoms with Crippen LogP contribution in [0.2, 0.25) is 0 Å². The lowest BCUT2D eigenvalue weighted by Gasteiger charge is -2.33. The van der Waals surface area contributed by atoms with Crippen LogP contribution < -0.4 is 22.1 Å². The van der Waals surface area contributed by atoms with Gasteiger partial charge >= 0.3 is 0 Å². The third-order valence-corrected chi connectivity index (χ3v) is 7.16. The summed E-state index contributed by atoms with van der Waals surface area (Å²) in [7, 11) is 0. The van der Waals surface area contributed by atoms with Gasteiger partial charge < -0.3 is 22.1 Å². The molecule has 1 aromatic carbocycles. The maximum atomic E-state index is 13.1. The van der Waals surface area contributed by atoms with Gasteiger partial charge in [0.25, 0.3) is 5.91 Å². The standard InChI is InChI=1S/C25H37N7O/c1-16-10-11-18-17(14-16)21(30-19-8-4-5-9-20(19)31-24(26)27)32-22(29-18)23(33)28-15-25(2)12-6-3-7-13-25/h10-11,14,19-20H,3-9,12-13,15H2,1-2H3,(H,28,33)(H4,26,27,31)(H,29,30,32)/t19-,20+/m0/s1. The molecule has 0 spiro atoms. The van der Waals surface area contributed by atoms with Crippen molar-refractivity contribution in [1.29, 1.82) is 0 Å². The van der Waals surface area contributed by atoms with E-state index in [1.54, 1.807) is 0 Å². The number of benzene rings is 1. The molecule has 178 valence electrons. The fourth-order valence-electron chi connectivity index (χ4n) is 5.21. The smallest absolute Gasteiger partial charge is 0.289 e. The molecule has 4 rings (SSSR count). The summed E-state index contributed by atoms with van der Waals surface area (Å²) in [6, 6.07) is 6.05. The van der Waals surface area contributed by atoms with Crippen molar-refractivity contribution < 1.29 is 4.79 Å². The molecule has 2 aliphatic carbocycles. The van der Waals surface area contributed by atoms with Crippen LogP contribution in [0.25, 0.3) is 10.9 Å². The van der Waals surface area contributed by atoms with Crippen LogP contribution in [0.3, 0.4) is 0 Å². The summed E-state index contributed by atoms with van der Waals surface area (Å²) in [5.41, 5.74) is 13.4. The Morgan fingerprint density at radius 1 is 1.12 bits per heavy atom. The van der Waals surface area contributed by atoms with E-state index in [0.29, 0.717) is 12.4 Å². The van der Waals surface area contributed by atoms with Crippen LogP contribution in [0.15, 0.2) is 23.2 Å². The number of anilines is 1. The molecule has 1 heterocycles. The van der Waals surface area contributed by atoms with Gasteiger partial charge in [-0.25, -0.2) is 15.0 Å². The van der Waals surface area contributed by atoms with Crippen molar-refractivity contribution in [1.82, 2.24) is 15.3 Å². The molecule has 2 aliphatic rings. The Bertz CT molecular complexity index is 1020. The molecular weight excluding hydrogens is 414 g/mol. The summed E-state index contributed by atoms with van der Waals surface area (Å²) in [6.07, 6.45) is 10.1. The minimum absolute atomic E-state index is 0.0119. The average molecular weight is 452 g/mol. The normalized spacial score (nSPS) is 22.5. The number of carbonyl (C=O) groups excluding carboxylic acids is 1. The average Bonchev–Trinajstić information content (AvgIpc) is 2.79. The second-order valence-corrected chi connectivity index (χ2v) is 10.1. The molecule has 2 fully saturated rings. The van der Waals surface area contributed by atoms with Crippen molar-refractivity contribution in [3.05, 3.63) is 29.6 Å². The number of hydrogen-bond acceptors (Lipinski definition) is 5. The van der Waals surface area contributed by atoms with Gasteiger partial charge in [-0.3, -0.25) is 4.79 Å². The molecule has 0 bridgehead atoms. The SMILES string of the molecule is Cc1ccc2nc(C(=O)NCC3(C)CCCCC3)nc(N[C@H]3CCCC[C@H]3N=C(N)N)c2c1. The van der Waals surface area contributed by atoms with Gasteiger partial charge in [0, 0.05) is 11.9 Å². The summed E-state index contributed by atoms with van der Waals surface area (Å²) in [4.78, 5) is 26.8. The van der Waals surface area contributed by atoms with Crippen molar-refractivity contribution >= 4 is 28.6 Å². The Morgan fingerprint density at radius 2 is 1.88 bits per heavy atom. The van der Waals surface area contributed by atoms with E-state index in [9.17, 15) is 4.79 Å². The number of fused-ring (bicyclic) bond motifs is 1. The summed E-state index contributed by atoms with van der Waals surface area (Å²) < 4.78 is 0. The van der Waals surface area contributed by atoms with Gasteiger partial charge in [-0.15, -0.1) is 0 Å². The zero-order valence-corrected chi connectivity index (χ0v) is 19.9. The maximum Gasteiger partial charge on any atom is 0.289 e. The Labute approximate surface area is 196 Å². The van der Waals surface area contributed by atoms with E-state index in [-0.39, 0.29) is 35.2 Å². The minimum atomic E-state index is -0.225. The number of aromatic nitrogens is 2. The molecule has 0 unspecified atom stereocenters. The van der Waals surface area contributed by atoms with Crippen LogP contribution in [0.1, 0.15) is 80.9 Å². The molecule has 2 atom stereocenters. The second kappa shape index (κ2) is 9.93. The molecular formula is C25H37N7O. The van der Waals surface area contributed by atoms with Crippen molar-refractivity contribution in [2.45, 2.75) is 83.7 Å². The van der Waals surface area contributed by atoms with Crippen LogP contribution in [-0.4, -0.2) is 40.5 Å².